The van der Waals surface area contributed by atoms with Gasteiger partial charge < -0.3 is 15.1 Å². The number of nitrogens with zero attached hydrogens (tertiary/aromatic N) is 2. The highest BCUT2D eigenvalue weighted by Crippen LogP contribution is 2.23. The second-order valence-electron chi connectivity index (χ2n) is 6.30. The molecule has 2 aromatic rings. The van der Waals surface area contributed by atoms with Gasteiger partial charge in [0, 0.05) is 37.1 Å². The molecule has 0 aliphatic carbocycles. The van der Waals surface area contributed by atoms with Gasteiger partial charge in [0.05, 0.1) is 0 Å². The first-order chi connectivity index (χ1) is 12.8. The number of amides is 2. The molecule has 2 aromatic carbocycles. The molecule has 144 valence electrons. The Morgan fingerprint density at radius 2 is 1.74 bits per heavy atom. The topological polar surface area (TPSA) is 52.7 Å². The Kier molecular flexibility index (Phi) is 6.93. The van der Waals surface area contributed by atoms with Crippen molar-refractivity contribution in [2.24, 2.45) is 0 Å². The van der Waals surface area contributed by atoms with E-state index in [-0.39, 0.29) is 18.4 Å². The molecule has 0 fully saturated rings. The van der Waals surface area contributed by atoms with Crippen molar-refractivity contribution in [3.63, 3.8) is 0 Å². The van der Waals surface area contributed by atoms with Crippen LogP contribution in [0.5, 0.6) is 0 Å². The number of benzene rings is 2. The van der Waals surface area contributed by atoms with E-state index >= 15 is 0 Å². The largest absolute Gasteiger partial charge is 0.372 e. The molecule has 2 rings (SSSR count). The molecule has 0 aliphatic heterocycles. The van der Waals surface area contributed by atoms with E-state index in [0.717, 1.165) is 24.3 Å². The molecule has 0 saturated carbocycles. The van der Waals surface area contributed by atoms with Crippen LogP contribution < -0.4 is 15.1 Å². The average Bonchev–Trinajstić information content (AvgIpc) is 2.62. The Bertz CT molecular complexity index is 819. The number of rotatable bonds is 7. The third kappa shape index (κ3) is 5.29. The molecule has 0 unspecified atom stereocenters. The number of nitrogens with one attached hydrogen (secondary N) is 1. The van der Waals surface area contributed by atoms with Gasteiger partial charge in [-0.1, -0.05) is 6.07 Å². The van der Waals surface area contributed by atoms with Crippen molar-refractivity contribution < 1.29 is 14.0 Å². The number of carbonyl (C=O) groups excluding carboxylic acids is 2. The highest BCUT2D eigenvalue weighted by Gasteiger charge is 2.17. The molecule has 0 spiro atoms. The Labute approximate surface area is 159 Å². The van der Waals surface area contributed by atoms with Gasteiger partial charge in [0.2, 0.25) is 11.8 Å². The molecule has 2 amide bonds. The lowest BCUT2D eigenvalue weighted by molar-refractivity contribution is -0.120. The molecule has 1 N–H and O–H groups in total. The normalized spacial score (nSPS) is 10.4. The Hall–Kier alpha value is -2.89. The second kappa shape index (κ2) is 9.16. The van der Waals surface area contributed by atoms with Crippen LogP contribution in [0.2, 0.25) is 0 Å². The van der Waals surface area contributed by atoms with Gasteiger partial charge in [-0.25, -0.2) is 4.39 Å². The number of carbonyl (C=O) groups is 2. The van der Waals surface area contributed by atoms with Crippen molar-refractivity contribution in [3.8, 4) is 0 Å². The van der Waals surface area contributed by atoms with Gasteiger partial charge >= 0.3 is 0 Å². The van der Waals surface area contributed by atoms with E-state index in [1.807, 2.05) is 25.1 Å². The van der Waals surface area contributed by atoms with E-state index in [1.54, 1.807) is 6.07 Å². The summed E-state index contributed by atoms with van der Waals surface area (Å²) in [4.78, 5) is 27.8. The lowest BCUT2D eigenvalue weighted by atomic mass is 10.1. The van der Waals surface area contributed by atoms with Crippen LogP contribution in [0.25, 0.3) is 0 Å². The number of hydrogen-bond acceptors (Lipinski definition) is 3. The maximum absolute atomic E-state index is 13.4. The molecule has 0 aromatic heterocycles. The predicted octanol–water partition coefficient (Wildman–Crippen LogP) is 3.97. The molecule has 0 heterocycles. The summed E-state index contributed by atoms with van der Waals surface area (Å²) >= 11 is 0. The molecule has 0 aliphatic rings. The lowest BCUT2D eigenvalue weighted by Crippen LogP contribution is -2.36. The van der Waals surface area contributed by atoms with Gasteiger partial charge in [0.1, 0.15) is 12.4 Å². The minimum atomic E-state index is -0.456. The van der Waals surface area contributed by atoms with Gasteiger partial charge in [-0.3, -0.25) is 9.59 Å². The lowest BCUT2D eigenvalue weighted by Gasteiger charge is -2.23. The fourth-order valence-corrected chi connectivity index (χ4v) is 2.94. The van der Waals surface area contributed by atoms with Crippen molar-refractivity contribution in [1.82, 2.24) is 0 Å². The van der Waals surface area contributed by atoms with Gasteiger partial charge in [-0.2, -0.15) is 0 Å². The highest BCUT2D eigenvalue weighted by molar-refractivity contribution is 6.02. The van der Waals surface area contributed by atoms with Gasteiger partial charge in [-0.05, 0) is 62.7 Å². The standard InChI is InChI=1S/C21H26FN3O2/c1-5-24(6-2)18-10-11-20(15(3)12-18)23-21(27)14-25(16(4)26)19-9-7-8-17(22)13-19/h7-13H,5-6,14H2,1-4H3,(H,23,27). The Morgan fingerprint density at radius 3 is 2.30 bits per heavy atom. The summed E-state index contributed by atoms with van der Waals surface area (Å²) in [6.07, 6.45) is 0. The molecule has 27 heavy (non-hydrogen) atoms. The van der Waals surface area contributed by atoms with Crippen LogP contribution in [-0.2, 0) is 9.59 Å². The van der Waals surface area contributed by atoms with E-state index in [1.165, 1.54) is 30.0 Å². The van der Waals surface area contributed by atoms with Crippen molar-refractivity contribution in [3.05, 3.63) is 53.8 Å². The van der Waals surface area contributed by atoms with E-state index in [9.17, 15) is 14.0 Å². The first-order valence-corrected chi connectivity index (χ1v) is 9.04. The molecular formula is C21H26FN3O2. The number of hydrogen-bond donors (Lipinski definition) is 1. The molecule has 0 atom stereocenters. The molecule has 0 saturated heterocycles. The predicted molar refractivity (Wildman–Crippen MR) is 108 cm³/mol. The van der Waals surface area contributed by atoms with Crippen LogP contribution in [0.4, 0.5) is 21.5 Å². The van der Waals surface area contributed by atoms with Crippen molar-refractivity contribution in [2.45, 2.75) is 27.7 Å². The Morgan fingerprint density at radius 1 is 1.04 bits per heavy atom. The summed E-state index contributed by atoms with van der Waals surface area (Å²) in [5.41, 5.74) is 3.08. The maximum Gasteiger partial charge on any atom is 0.244 e. The summed E-state index contributed by atoms with van der Waals surface area (Å²) < 4.78 is 13.4. The second-order valence-corrected chi connectivity index (χ2v) is 6.30. The van der Waals surface area contributed by atoms with Crippen LogP contribution in [0, 0.1) is 12.7 Å². The first kappa shape index (κ1) is 20.4. The van der Waals surface area contributed by atoms with Crippen LogP contribution in [0.1, 0.15) is 26.3 Å². The molecule has 6 heteroatoms. The third-order valence-corrected chi connectivity index (χ3v) is 4.41. The Balaban J connectivity index is 2.13. The zero-order chi connectivity index (χ0) is 20.0. The first-order valence-electron chi connectivity index (χ1n) is 9.04. The molecule has 0 bridgehead atoms. The van der Waals surface area contributed by atoms with Gasteiger partial charge in [0.25, 0.3) is 0 Å². The monoisotopic (exact) mass is 371 g/mol. The SMILES string of the molecule is CCN(CC)c1ccc(NC(=O)CN(C(C)=O)c2cccc(F)c2)c(C)c1. The number of aryl methyl sites for hydroxylation is 1. The van der Waals surface area contributed by atoms with Gasteiger partial charge in [0.15, 0.2) is 0 Å². The third-order valence-electron chi connectivity index (χ3n) is 4.41. The zero-order valence-electron chi connectivity index (χ0n) is 16.3. The van der Waals surface area contributed by atoms with E-state index < -0.39 is 5.82 Å². The van der Waals surface area contributed by atoms with Crippen LogP contribution >= 0.6 is 0 Å². The quantitative estimate of drug-likeness (QED) is 0.801. The van der Waals surface area contributed by atoms with Crippen LogP contribution in [0.15, 0.2) is 42.5 Å². The van der Waals surface area contributed by atoms with Crippen molar-refractivity contribution in [1.29, 1.82) is 0 Å². The van der Waals surface area contributed by atoms with E-state index in [2.05, 4.69) is 24.1 Å². The summed E-state index contributed by atoms with van der Waals surface area (Å²) in [6, 6.07) is 11.5. The summed E-state index contributed by atoms with van der Waals surface area (Å²) in [5, 5.41) is 2.84. The summed E-state index contributed by atoms with van der Waals surface area (Å²) in [6.45, 7) is 9.09. The highest BCUT2D eigenvalue weighted by atomic mass is 19.1. The van der Waals surface area contributed by atoms with Crippen molar-refractivity contribution in [2.75, 3.05) is 34.8 Å². The summed E-state index contributed by atoms with van der Waals surface area (Å²) in [5.74, 6) is -1.13. The maximum atomic E-state index is 13.4. The zero-order valence-corrected chi connectivity index (χ0v) is 16.3. The van der Waals surface area contributed by atoms with E-state index in [4.69, 9.17) is 0 Å². The molecule has 0 radical (unpaired) electrons. The van der Waals surface area contributed by atoms with Crippen LogP contribution in [-0.4, -0.2) is 31.4 Å². The molecule has 5 nitrogen and oxygen atoms in total. The summed E-state index contributed by atoms with van der Waals surface area (Å²) in [7, 11) is 0. The van der Waals surface area contributed by atoms with E-state index in [0.29, 0.717) is 11.4 Å². The smallest absolute Gasteiger partial charge is 0.244 e. The number of halogens is 1. The minimum absolute atomic E-state index is 0.185. The van der Waals surface area contributed by atoms with Crippen LogP contribution in [0.3, 0.4) is 0 Å². The fraction of sp³-hybridized carbons (Fsp3) is 0.333. The minimum Gasteiger partial charge on any atom is -0.372 e. The van der Waals surface area contributed by atoms with Crippen molar-refractivity contribution >= 4 is 28.9 Å². The average molecular weight is 371 g/mol. The molecular weight excluding hydrogens is 345 g/mol. The fourth-order valence-electron chi connectivity index (χ4n) is 2.94. The number of anilines is 3. The van der Waals surface area contributed by atoms with Gasteiger partial charge in [-0.15, -0.1) is 0 Å².